The summed E-state index contributed by atoms with van der Waals surface area (Å²) in [6.45, 7) is 1.40. The van der Waals surface area contributed by atoms with E-state index in [4.69, 9.17) is 0 Å². The van der Waals surface area contributed by atoms with Crippen molar-refractivity contribution in [2.24, 2.45) is 0 Å². The van der Waals surface area contributed by atoms with E-state index in [9.17, 15) is 14.5 Å². The first-order valence-corrected chi connectivity index (χ1v) is 6.67. The highest BCUT2D eigenvalue weighted by Gasteiger charge is 2.14. The van der Waals surface area contributed by atoms with E-state index in [1.54, 1.807) is 0 Å². The minimum atomic E-state index is -0.622. The summed E-state index contributed by atoms with van der Waals surface area (Å²) in [5.74, 6) is -0.622. The minimum absolute atomic E-state index is 0.256. The quantitative estimate of drug-likeness (QED) is 0.668. The molecule has 21 heavy (non-hydrogen) atoms. The summed E-state index contributed by atoms with van der Waals surface area (Å²) < 4.78 is 13.4. The van der Waals surface area contributed by atoms with E-state index in [2.05, 4.69) is 16.7 Å². The number of anilines is 2. The van der Waals surface area contributed by atoms with Crippen LogP contribution >= 0.6 is 0 Å². The maximum Gasteiger partial charge on any atom is 0.274 e. The van der Waals surface area contributed by atoms with Gasteiger partial charge in [-0.1, -0.05) is 18.2 Å². The van der Waals surface area contributed by atoms with Crippen LogP contribution < -0.4 is 10.6 Å². The number of non-ortho nitro benzene ring substituents is 1. The van der Waals surface area contributed by atoms with Crippen LogP contribution in [0, 0.1) is 15.9 Å². The first kappa shape index (κ1) is 13.4. The summed E-state index contributed by atoms with van der Waals surface area (Å²) in [7, 11) is 0. The molecule has 0 unspecified atom stereocenters. The fourth-order valence-electron chi connectivity index (χ4n) is 2.54. The van der Waals surface area contributed by atoms with Crippen molar-refractivity contribution in [2.75, 3.05) is 17.2 Å². The fourth-order valence-corrected chi connectivity index (χ4v) is 2.54. The molecule has 2 aromatic carbocycles. The molecule has 0 aromatic heterocycles. The molecule has 2 aromatic rings. The lowest BCUT2D eigenvalue weighted by atomic mass is 10.1. The summed E-state index contributed by atoms with van der Waals surface area (Å²) in [4.78, 5) is 10.1. The van der Waals surface area contributed by atoms with Gasteiger partial charge < -0.3 is 10.6 Å². The average Bonchev–Trinajstić information content (AvgIpc) is 2.93. The second-order valence-corrected chi connectivity index (χ2v) is 4.94. The van der Waals surface area contributed by atoms with E-state index >= 15 is 0 Å². The third-order valence-corrected chi connectivity index (χ3v) is 3.51. The number of halogens is 1. The highest BCUT2D eigenvalue weighted by molar-refractivity contribution is 5.62. The Bertz CT molecular complexity index is 703. The van der Waals surface area contributed by atoms with Crippen LogP contribution in [0.15, 0.2) is 36.4 Å². The molecule has 5 nitrogen and oxygen atoms in total. The van der Waals surface area contributed by atoms with Gasteiger partial charge in [-0.2, -0.15) is 0 Å². The molecule has 6 heteroatoms. The topological polar surface area (TPSA) is 67.2 Å². The number of nitrogens with one attached hydrogen (secondary N) is 2. The zero-order valence-corrected chi connectivity index (χ0v) is 11.2. The highest BCUT2D eigenvalue weighted by atomic mass is 19.1. The number of nitro benzene ring substituents is 1. The van der Waals surface area contributed by atoms with Gasteiger partial charge in [0.15, 0.2) is 0 Å². The van der Waals surface area contributed by atoms with Crippen LogP contribution in [0.2, 0.25) is 0 Å². The number of hydrogen-bond acceptors (Lipinski definition) is 4. The van der Waals surface area contributed by atoms with Crippen LogP contribution in [0.25, 0.3) is 0 Å². The van der Waals surface area contributed by atoms with Crippen LogP contribution in [0.5, 0.6) is 0 Å². The zero-order valence-electron chi connectivity index (χ0n) is 11.2. The molecule has 0 saturated carbocycles. The van der Waals surface area contributed by atoms with Gasteiger partial charge in [0.2, 0.25) is 0 Å². The van der Waals surface area contributed by atoms with Gasteiger partial charge in [0.25, 0.3) is 5.69 Å². The van der Waals surface area contributed by atoms with Crippen molar-refractivity contribution in [3.8, 4) is 0 Å². The zero-order chi connectivity index (χ0) is 14.8. The number of hydrogen-bond donors (Lipinski definition) is 2. The van der Waals surface area contributed by atoms with Crippen LogP contribution in [-0.4, -0.2) is 11.5 Å². The number of rotatable bonds is 4. The third-order valence-electron chi connectivity index (χ3n) is 3.51. The third kappa shape index (κ3) is 2.79. The van der Waals surface area contributed by atoms with Crippen LogP contribution in [0.1, 0.15) is 11.1 Å². The smallest absolute Gasteiger partial charge is 0.274 e. The van der Waals surface area contributed by atoms with Gasteiger partial charge in [-0.05, 0) is 23.6 Å². The summed E-state index contributed by atoms with van der Waals surface area (Å²) in [5.41, 5.74) is 3.58. The summed E-state index contributed by atoms with van der Waals surface area (Å²) in [5, 5.41) is 17.1. The Morgan fingerprint density at radius 2 is 2.19 bits per heavy atom. The van der Waals surface area contributed by atoms with Crippen molar-refractivity contribution in [3.05, 3.63) is 63.5 Å². The van der Waals surface area contributed by atoms with E-state index in [1.807, 2.05) is 12.1 Å². The molecule has 0 spiro atoms. The molecule has 0 atom stereocenters. The van der Waals surface area contributed by atoms with Crippen molar-refractivity contribution in [1.82, 2.24) is 0 Å². The first-order chi connectivity index (χ1) is 10.1. The van der Waals surface area contributed by atoms with Gasteiger partial charge in [0.1, 0.15) is 5.82 Å². The molecule has 0 radical (unpaired) electrons. The lowest BCUT2D eigenvalue weighted by molar-refractivity contribution is -0.385. The molecule has 0 amide bonds. The molecular weight excluding hydrogens is 273 g/mol. The summed E-state index contributed by atoms with van der Waals surface area (Å²) in [6, 6.07) is 9.54. The number of nitrogens with zero attached hydrogens (tertiary/aromatic N) is 1. The molecule has 0 saturated heterocycles. The Kier molecular flexibility index (Phi) is 3.43. The molecule has 0 fully saturated rings. The van der Waals surface area contributed by atoms with Crippen LogP contribution in [0.3, 0.4) is 0 Å². The van der Waals surface area contributed by atoms with Gasteiger partial charge in [0.05, 0.1) is 11.0 Å². The molecule has 1 heterocycles. The second kappa shape index (κ2) is 5.40. The Hall–Kier alpha value is -2.63. The van der Waals surface area contributed by atoms with E-state index < -0.39 is 10.7 Å². The van der Waals surface area contributed by atoms with Crippen molar-refractivity contribution in [2.45, 2.75) is 13.0 Å². The predicted molar refractivity (Wildman–Crippen MR) is 79.0 cm³/mol. The molecule has 3 rings (SSSR count). The Balaban J connectivity index is 1.79. The lowest BCUT2D eigenvalue weighted by Gasteiger charge is -2.11. The molecule has 2 N–H and O–H groups in total. The standard InChI is InChI=1S/C15H14FN3O2/c16-12-6-13(8-14(7-12)19(20)21)18-9-11-3-1-2-10-4-5-17-15(10)11/h1-3,6-8,17-18H,4-5,9H2. The second-order valence-electron chi connectivity index (χ2n) is 4.94. The Labute approximate surface area is 120 Å². The Morgan fingerprint density at radius 1 is 1.33 bits per heavy atom. The maximum atomic E-state index is 13.4. The van der Waals surface area contributed by atoms with Gasteiger partial charge in [-0.25, -0.2) is 4.39 Å². The van der Waals surface area contributed by atoms with Crippen LogP contribution in [-0.2, 0) is 13.0 Å². The Morgan fingerprint density at radius 3 is 3.00 bits per heavy atom. The largest absolute Gasteiger partial charge is 0.384 e. The van der Waals surface area contributed by atoms with Crippen molar-refractivity contribution < 1.29 is 9.31 Å². The van der Waals surface area contributed by atoms with Crippen LogP contribution in [0.4, 0.5) is 21.5 Å². The van der Waals surface area contributed by atoms with Gasteiger partial charge in [-0.15, -0.1) is 0 Å². The highest BCUT2D eigenvalue weighted by Crippen LogP contribution is 2.27. The minimum Gasteiger partial charge on any atom is -0.384 e. The number of para-hydroxylation sites is 1. The number of nitro groups is 1. The molecule has 1 aliphatic heterocycles. The lowest BCUT2D eigenvalue weighted by Crippen LogP contribution is -2.04. The van der Waals surface area contributed by atoms with E-state index in [0.717, 1.165) is 30.3 Å². The normalized spacial score (nSPS) is 12.6. The van der Waals surface area contributed by atoms with E-state index in [0.29, 0.717) is 12.2 Å². The van der Waals surface area contributed by atoms with Gasteiger partial charge in [0, 0.05) is 30.5 Å². The van der Waals surface area contributed by atoms with Gasteiger partial charge >= 0.3 is 0 Å². The maximum absolute atomic E-state index is 13.4. The molecular formula is C15H14FN3O2. The SMILES string of the molecule is O=[N+]([O-])c1cc(F)cc(NCc2cccc3c2NCC3)c1. The average molecular weight is 287 g/mol. The molecule has 108 valence electrons. The van der Waals surface area contributed by atoms with Crippen molar-refractivity contribution in [3.63, 3.8) is 0 Å². The molecule has 0 bridgehead atoms. The summed E-state index contributed by atoms with van der Waals surface area (Å²) >= 11 is 0. The van der Waals surface area contributed by atoms with E-state index in [1.165, 1.54) is 17.7 Å². The van der Waals surface area contributed by atoms with Gasteiger partial charge in [-0.3, -0.25) is 10.1 Å². The van der Waals surface area contributed by atoms with Crippen molar-refractivity contribution >= 4 is 17.1 Å². The number of benzene rings is 2. The molecule has 0 aliphatic carbocycles. The first-order valence-electron chi connectivity index (χ1n) is 6.67. The monoisotopic (exact) mass is 287 g/mol. The predicted octanol–water partition coefficient (Wildman–Crippen LogP) is 3.31. The fraction of sp³-hybridized carbons (Fsp3) is 0.200. The number of fused-ring (bicyclic) bond motifs is 1. The molecule has 1 aliphatic rings. The summed E-state index contributed by atoms with van der Waals surface area (Å²) in [6.07, 6.45) is 0.995. The van der Waals surface area contributed by atoms with E-state index in [-0.39, 0.29) is 5.69 Å². The van der Waals surface area contributed by atoms with Crippen molar-refractivity contribution in [1.29, 1.82) is 0 Å².